The minimum Gasteiger partial charge on any atom is -0.324 e. The SMILES string of the molecule is O=C(/C=C/c1ccccc1)Nc1cccc(SC(C(=O)Nc2ccccc2Br)c2ccccc2)c1. The maximum atomic E-state index is 13.3. The van der Waals surface area contributed by atoms with Crippen LogP contribution < -0.4 is 10.6 Å². The number of halogens is 1. The summed E-state index contributed by atoms with van der Waals surface area (Å²) in [5.74, 6) is -0.351. The van der Waals surface area contributed by atoms with E-state index in [-0.39, 0.29) is 11.8 Å². The molecule has 0 spiro atoms. The van der Waals surface area contributed by atoms with Crippen LogP contribution in [0, 0.1) is 0 Å². The lowest BCUT2D eigenvalue weighted by Crippen LogP contribution is -2.19. The van der Waals surface area contributed by atoms with Crippen LogP contribution in [0.15, 0.2) is 125 Å². The Morgan fingerprint density at radius 1 is 0.771 bits per heavy atom. The molecule has 2 N–H and O–H groups in total. The second-order valence-electron chi connectivity index (χ2n) is 7.64. The van der Waals surface area contributed by atoms with Crippen LogP contribution in [0.1, 0.15) is 16.4 Å². The Labute approximate surface area is 217 Å². The van der Waals surface area contributed by atoms with Gasteiger partial charge >= 0.3 is 0 Å². The summed E-state index contributed by atoms with van der Waals surface area (Å²) in [6.45, 7) is 0. The Kier molecular flexibility index (Phi) is 8.54. The molecule has 0 saturated carbocycles. The molecule has 0 aliphatic heterocycles. The highest BCUT2D eigenvalue weighted by atomic mass is 79.9. The fourth-order valence-corrected chi connectivity index (χ4v) is 4.83. The number of amides is 2. The van der Waals surface area contributed by atoms with Gasteiger partial charge < -0.3 is 10.6 Å². The number of anilines is 2. The highest BCUT2D eigenvalue weighted by Crippen LogP contribution is 2.37. The molecule has 1 unspecified atom stereocenters. The predicted molar refractivity (Wildman–Crippen MR) is 148 cm³/mol. The van der Waals surface area contributed by atoms with Crippen LogP contribution in [-0.4, -0.2) is 11.8 Å². The van der Waals surface area contributed by atoms with E-state index < -0.39 is 5.25 Å². The molecule has 0 bridgehead atoms. The second kappa shape index (κ2) is 12.2. The molecule has 35 heavy (non-hydrogen) atoms. The Morgan fingerprint density at radius 2 is 1.46 bits per heavy atom. The van der Waals surface area contributed by atoms with Gasteiger partial charge in [-0.05, 0) is 63.5 Å². The summed E-state index contributed by atoms with van der Waals surface area (Å²) in [7, 11) is 0. The first-order valence-electron chi connectivity index (χ1n) is 11.0. The number of carbonyl (C=O) groups excluding carboxylic acids is 2. The smallest absolute Gasteiger partial charge is 0.248 e. The summed E-state index contributed by atoms with van der Waals surface area (Å²) in [6, 6.07) is 34.3. The average Bonchev–Trinajstić information content (AvgIpc) is 2.89. The van der Waals surface area contributed by atoms with Crippen molar-refractivity contribution in [2.24, 2.45) is 0 Å². The molecule has 0 saturated heterocycles. The van der Waals surface area contributed by atoms with E-state index in [0.29, 0.717) is 11.4 Å². The first-order valence-corrected chi connectivity index (χ1v) is 12.7. The fourth-order valence-electron chi connectivity index (χ4n) is 3.36. The molecule has 0 heterocycles. The Hall–Kier alpha value is -3.61. The number of hydrogen-bond acceptors (Lipinski definition) is 3. The van der Waals surface area contributed by atoms with Gasteiger partial charge in [0.15, 0.2) is 0 Å². The molecular formula is C29H23BrN2O2S. The van der Waals surface area contributed by atoms with Gasteiger partial charge in [-0.3, -0.25) is 9.59 Å². The number of hydrogen-bond donors (Lipinski definition) is 2. The molecule has 0 aromatic heterocycles. The molecule has 4 aromatic rings. The van der Waals surface area contributed by atoms with Crippen molar-refractivity contribution in [3.8, 4) is 0 Å². The topological polar surface area (TPSA) is 58.2 Å². The van der Waals surface area contributed by atoms with E-state index in [0.717, 1.165) is 20.5 Å². The van der Waals surface area contributed by atoms with Gasteiger partial charge in [-0.25, -0.2) is 0 Å². The van der Waals surface area contributed by atoms with E-state index in [1.165, 1.54) is 17.8 Å². The molecule has 6 heteroatoms. The van der Waals surface area contributed by atoms with Crippen molar-refractivity contribution in [2.75, 3.05) is 10.6 Å². The molecule has 4 aromatic carbocycles. The lowest BCUT2D eigenvalue weighted by atomic mass is 10.1. The van der Waals surface area contributed by atoms with Gasteiger partial charge in [-0.15, -0.1) is 11.8 Å². The van der Waals surface area contributed by atoms with E-state index in [9.17, 15) is 9.59 Å². The molecule has 1 atom stereocenters. The van der Waals surface area contributed by atoms with Crippen molar-refractivity contribution in [3.63, 3.8) is 0 Å². The van der Waals surface area contributed by atoms with E-state index in [1.807, 2.05) is 109 Å². The minimum atomic E-state index is -0.479. The van der Waals surface area contributed by atoms with Crippen LogP contribution in [-0.2, 0) is 9.59 Å². The zero-order valence-electron chi connectivity index (χ0n) is 18.7. The van der Waals surface area contributed by atoms with Crippen LogP contribution in [0.5, 0.6) is 0 Å². The number of nitrogens with one attached hydrogen (secondary N) is 2. The van der Waals surface area contributed by atoms with E-state index in [4.69, 9.17) is 0 Å². The predicted octanol–water partition coefficient (Wildman–Crippen LogP) is 7.57. The lowest BCUT2D eigenvalue weighted by Gasteiger charge is -2.18. The van der Waals surface area contributed by atoms with Crippen molar-refractivity contribution in [1.82, 2.24) is 0 Å². The fraction of sp³-hybridized carbons (Fsp3) is 0.0345. The zero-order chi connectivity index (χ0) is 24.5. The summed E-state index contributed by atoms with van der Waals surface area (Å²) >= 11 is 4.92. The highest BCUT2D eigenvalue weighted by molar-refractivity contribution is 9.10. The lowest BCUT2D eigenvalue weighted by molar-refractivity contribution is -0.116. The highest BCUT2D eigenvalue weighted by Gasteiger charge is 2.23. The normalized spacial score (nSPS) is 11.7. The summed E-state index contributed by atoms with van der Waals surface area (Å²) in [5, 5.41) is 5.44. The average molecular weight is 543 g/mol. The standard InChI is InChI=1S/C29H23BrN2O2S/c30-25-16-7-8-17-26(25)32-29(34)28(22-12-5-2-6-13-22)35-24-15-9-14-23(20-24)31-27(33)19-18-21-10-3-1-4-11-21/h1-20,28H,(H,31,33)(H,32,34)/b19-18+. The van der Waals surface area contributed by atoms with Crippen LogP contribution in [0.25, 0.3) is 6.08 Å². The maximum Gasteiger partial charge on any atom is 0.248 e. The van der Waals surface area contributed by atoms with E-state index in [2.05, 4.69) is 26.6 Å². The van der Waals surface area contributed by atoms with Crippen molar-refractivity contribution >= 4 is 57.0 Å². The molecule has 0 radical (unpaired) electrons. The molecule has 174 valence electrons. The molecular weight excluding hydrogens is 520 g/mol. The third kappa shape index (κ3) is 7.18. The Morgan fingerprint density at radius 3 is 2.20 bits per heavy atom. The van der Waals surface area contributed by atoms with E-state index >= 15 is 0 Å². The number of thioether (sulfide) groups is 1. The van der Waals surface area contributed by atoms with Gasteiger partial charge in [0.2, 0.25) is 11.8 Å². The van der Waals surface area contributed by atoms with Crippen LogP contribution >= 0.6 is 27.7 Å². The summed E-state index contributed by atoms with van der Waals surface area (Å²) in [4.78, 5) is 26.6. The third-order valence-corrected chi connectivity index (χ3v) is 6.99. The Bertz CT molecular complexity index is 1330. The minimum absolute atomic E-state index is 0.131. The monoisotopic (exact) mass is 542 g/mol. The quantitative estimate of drug-likeness (QED) is 0.178. The van der Waals surface area contributed by atoms with Gasteiger partial charge in [0.05, 0.1) is 5.69 Å². The van der Waals surface area contributed by atoms with E-state index in [1.54, 1.807) is 6.08 Å². The van der Waals surface area contributed by atoms with Crippen LogP contribution in [0.2, 0.25) is 0 Å². The first-order chi connectivity index (χ1) is 17.1. The molecule has 2 amide bonds. The van der Waals surface area contributed by atoms with Crippen LogP contribution in [0.3, 0.4) is 0 Å². The van der Waals surface area contributed by atoms with Crippen LogP contribution in [0.4, 0.5) is 11.4 Å². The summed E-state index contributed by atoms with van der Waals surface area (Å²) in [5.41, 5.74) is 3.22. The van der Waals surface area contributed by atoms with Gasteiger partial charge in [-0.1, -0.05) is 78.9 Å². The molecule has 4 rings (SSSR count). The summed E-state index contributed by atoms with van der Waals surface area (Å²) < 4.78 is 0.818. The van der Waals surface area contributed by atoms with Gasteiger partial charge in [-0.2, -0.15) is 0 Å². The zero-order valence-corrected chi connectivity index (χ0v) is 21.1. The van der Waals surface area contributed by atoms with Gasteiger partial charge in [0.25, 0.3) is 0 Å². The molecule has 0 aliphatic carbocycles. The van der Waals surface area contributed by atoms with Crippen molar-refractivity contribution in [3.05, 3.63) is 131 Å². The molecule has 4 nitrogen and oxygen atoms in total. The van der Waals surface area contributed by atoms with Crippen molar-refractivity contribution in [1.29, 1.82) is 0 Å². The molecule has 0 aliphatic rings. The Balaban J connectivity index is 1.50. The largest absolute Gasteiger partial charge is 0.324 e. The summed E-state index contributed by atoms with van der Waals surface area (Å²) in [6.07, 6.45) is 3.28. The third-order valence-electron chi connectivity index (χ3n) is 5.05. The molecule has 0 fully saturated rings. The number of para-hydroxylation sites is 1. The van der Waals surface area contributed by atoms with Gasteiger partial charge in [0, 0.05) is 21.1 Å². The van der Waals surface area contributed by atoms with Crippen molar-refractivity contribution in [2.45, 2.75) is 10.1 Å². The van der Waals surface area contributed by atoms with Gasteiger partial charge in [0.1, 0.15) is 5.25 Å². The number of benzene rings is 4. The number of carbonyl (C=O) groups is 2. The van der Waals surface area contributed by atoms with Crippen molar-refractivity contribution < 1.29 is 9.59 Å². The maximum absolute atomic E-state index is 13.3. The number of rotatable bonds is 8. The second-order valence-corrected chi connectivity index (χ2v) is 9.67. The first kappa shape index (κ1) is 24.5.